The van der Waals surface area contributed by atoms with E-state index in [0.717, 1.165) is 25.8 Å². The van der Waals surface area contributed by atoms with Crippen LogP contribution in [-0.4, -0.2) is 48.8 Å². The highest BCUT2D eigenvalue weighted by Crippen LogP contribution is 2.67. The Balaban J connectivity index is 1.69. The predicted molar refractivity (Wildman–Crippen MR) is 78.7 cm³/mol. The summed E-state index contributed by atoms with van der Waals surface area (Å²) in [6, 6.07) is 0. The quantitative estimate of drug-likeness (QED) is 0.443. The Morgan fingerprint density at radius 3 is 2.90 bits per heavy atom. The van der Waals surface area contributed by atoms with Crippen molar-refractivity contribution < 1.29 is 14.3 Å². The smallest absolute Gasteiger partial charge is 0.310 e. The Labute approximate surface area is 126 Å². The van der Waals surface area contributed by atoms with Crippen LogP contribution in [0, 0.1) is 17.8 Å². The van der Waals surface area contributed by atoms with Crippen molar-refractivity contribution in [3.8, 4) is 0 Å². The highest BCUT2D eigenvalue weighted by Gasteiger charge is 2.75. The molecule has 4 aliphatic rings. The molecule has 2 aliphatic carbocycles. The molecule has 0 amide bonds. The average molecular weight is 291 g/mol. The minimum atomic E-state index is -0.0796. The van der Waals surface area contributed by atoms with E-state index in [1.165, 1.54) is 5.57 Å². The van der Waals surface area contributed by atoms with Crippen molar-refractivity contribution in [1.82, 2.24) is 4.90 Å². The Hall–Kier alpha value is -0.870. The first-order valence-electron chi connectivity index (χ1n) is 8.10. The molecular formula is C17H25NO3. The van der Waals surface area contributed by atoms with Crippen LogP contribution < -0.4 is 0 Å². The van der Waals surface area contributed by atoms with E-state index in [9.17, 15) is 4.79 Å². The van der Waals surface area contributed by atoms with Gasteiger partial charge in [0, 0.05) is 18.4 Å². The van der Waals surface area contributed by atoms with Crippen molar-refractivity contribution in [2.45, 2.75) is 50.4 Å². The van der Waals surface area contributed by atoms with E-state index in [2.05, 4.69) is 24.8 Å². The summed E-state index contributed by atoms with van der Waals surface area (Å²) < 4.78 is 12.1. The number of ether oxygens (including phenoxy) is 2. The molecule has 21 heavy (non-hydrogen) atoms. The number of rotatable bonds is 2. The molecule has 4 rings (SSSR count). The zero-order valence-electron chi connectivity index (χ0n) is 13.4. The summed E-state index contributed by atoms with van der Waals surface area (Å²) in [5.41, 5.74) is 1.27. The number of carbonyl (C=O) groups is 1. The van der Waals surface area contributed by atoms with Crippen molar-refractivity contribution >= 4 is 5.97 Å². The first kappa shape index (κ1) is 13.8. The van der Waals surface area contributed by atoms with Crippen LogP contribution in [0.15, 0.2) is 11.6 Å². The second-order valence-electron chi connectivity index (χ2n) is 7.83. The van der Waals surface area contributed by atoms with Gasteiger partial charge >= 0.3 is 5.97 Å². The Morgan fingerprint density at radius 2 is 2.19 bits per heavy atom. The monoisotopic (exact) mass is 291 g/mol. The molecule has 2 aliphatic heterocycles. The minimum Gasteiger partial charge on any atom is -0.461 e. The van der Waals surface area contributed by atoms with Gasteiger partial charge in [-0.05, 0) is 47.2 Å². The van der Waals surface area contributed by atoms with Crippen molar-refractivity contribution in [3.05, 3.63) is 11.6 Å². The molecule has 2 heterocycles. The lowest BCUT2D eigenvalue weighted by atomic mass is 9.77. The van der Waals surface area contributed by atoms with Gasteiger partial charge in [0.25, 0.3) is 0 Å². The molecule has 0 aromatic heterocycles. The number of hydrogen-bond acceptors (Lipinski definition) is 4. The van der Waals surface area contributed by atoms with Crippen molar-refractivity contribution in [2.24, 2.45) is 17.8 Å². The molecule has 1 saturated carbocycles. The van der Waals surface area contributed by atoms with E-state index >= 15 is 0 Å². The molecule has 0 bridgehead atoms. The van der Waals surface area contributed by atoms with E-state index < -0.39 is 0 Å². The lowest BCUT2D eigenvalue weighted by Gasteiger charge is -2.28. The fourth-order valence-electron chi connectivity index (χ4n) is 5.19. The fourth-order valence-corrected chi connectivity index (χ4v) is 5.19. The molecule has 0 radical (unpaired) electrons. The normalized spacial score (nSPS) is 50.9. The molecule has 6 atom stereocenters. The first-order chi connectivity index (χ1) is 9.88. The lowest BCUT2D eigenvalue weighted by molar-refractivity contribution is -0.146. The summed E-state index contributed by atoms with van der Waals surface area (Å²) in [7, 11) is 4.06. The highest BCUT2D eigenvalue weighted by molar-refractivity contribution is 5.76. The van der Waals surface area contributed by atoms with Gasteiger partial charge < -0.3 is 14.4 Å². The SMILES string of the molecule is CC1=CC[C@]23O[C@@]2(C)CC[C@@H]2[C@H](OC(=O)[C@@H]2CN(C)C)[C@@H]13. The molecule has 4 nitrogen and oxygen atoms in total. The summed E-state index contributed by atoms with van der Waals surface area (Å²) in [6.07, 6.45) is 5.39. The summed E-state index contributed by atoms with van der Waals surface area (Å²) in [5.74, 6) is 0.636. The van der Waals surface area contributed by atoms with Crippen LogP contribution in [0.2, 0.25) is 0 Å². The Bertz CT molecular complexity index is 528. The zero-order valence-corrected chi connectivity index (χ0v) is 13.4. The third-order valence-corrected chi connectivity index (χ3v) is 6.32. The molecule has 0 N–H and O–H groups in total. The number of epoxide rings is 1. The highest BCUT2D eigenvalue weighted by atomic mass is 16.6. The van der Waals surface area contributed by atoms with Crippen LogP contribution in [0.25, 0.3) is 0 Å². The molecule has 2 saturated heterocycles. The molecule has 0 unspecified atom stereocenters. The molecule has 1 spiro atoms. The second kappa shape index (κ2) is 4.11. The van der Waals surface area contributed by atoms with Gasteiger partial charge in [0.05, 0.1) is 11.5 Å². The van der Waals surface area contributed by atoms with Gasteiger partial charge in [-0.3, -0.25) is 4.79 Å². The van der Waals surface area contributed by atoms with Crippen LogP contribution in [0.3, 0.4) is 0 Å². The third kappa shape index (κ3) is 1.66. The van der Waals surface area contributed by atoms with E-state index in [-0.39, 0.29) is 35.1 Å². The molecule has 4 heteroatoms. The van der Waals surface area contributed by atoms with E-state index in [0.29, 0.717) is 5.92 Å². The van der Waals surface area contributed by atoms with Gasteiger partial charge in [-0.2, -0.15) is 0 Å². The van der Waals surface area contributed by atoms with Crippen LogP contribution in [0.1, 0.15) is 33.1 Å². The second-order valence-corrected chi connectivity index (χ2v) is 7.83. The summed E-state index contributed by atoms with van der Waals surface area (Å²) in [4.78, 5) is 14.5. The van der Waals surface area contributed by atoms with Gasteiger partial charge in [0.15, 0.2) is 0 Å². The minimum absolute atomic E-state index is 0.00203. The number of carbonyl (C=O) groups excluding carboxylic acids is 1. The maximum absolute atomic E-state index is 12.4. The molecule has 0 aromatic carbocycles. The number of esters is 1. The standard InChI is InChI=1S/C17H25NO3/c1-10-5-8-17-13(10)14-11(6-7-16(17,2)21-17)12(9-18(3)4)15(19)20-14/h5,11-14H,6-9H2,1-4H3/t11-,12+,13+,14-,16-,17+/m0/s1. The largest absolute Gasteiger partial charge is 0.461 e. The topological polar surface area (TPSA) is 42.1 Å². The zero-order chi connectivity index (χ0) is 15.0. The maximum Gasteiger partial charge on any atom is 0.310 e. The molecule has 116 valence electrons. The summed E-state index contributed by atoms with van der Waals surface area (Å²) in [6.45, 7) is 5.22. The molecular weight excluding hydrogens is 266 g/mol. The van der Waals surface area contributed by atoms with E-state index in [1.54, 1.807) is 0 Å². The number of fused-ring (bicyclic) bond motifs is 2. The average Bonchev–Trinajstić information content (AvgIpc) is 2.71. The maximum atomic E-state index is 12.4. The molecule has 0 aromatic rings. The predicted octanol–water partition coefficient (Wildman–Crippen LogP) is 1.99. The Morgan fingerprint density at radius 1 is 1.43 bits per heavy atom. The number of nitrogens with zero attached hydrogens (tertiary/aromatic N) is 1. The van der Waals surface area contributed by atoms with Gasteiger partial charge in [-0.15, -0.1) is 0 Å². The van der Waals surface area contributed by atoms with Crippen molar-refractivity contribution in [2.75, 3.05) is 20.6 Å². The van der Waals surface area contributed by atoms with E-state index in [1.807, 2.05) is 14.1 Å². The van der Waals surface area contributed by atoms with Crippen LogP contribution in [-0.2, 0) is 14.3 Å². The van der Waals surface area contributed by atoms with Crippen molar-refractivity contribution in [3.63, 3.8) is 0 Å². The fraction of sp³-hybridized carbons (Fsp3) is 0.824. The molecule has 3 fully saturated rings. The van der Waals surface area contributed by atoms with Crippen molar-refractivity contribution in [1.29, 1.82) is 0 Å². The first-order valence-corrected chi connectivity index (χ1v) is 8.10. The number of hydrogen-bond donors (Lipinski definition) is 0. The van der Waals surface area contributed by atoms with Crippen LogP contribution in [0.5, 0.6) is 0 Å². The van der Waals surface area contributed by atoms with Crippen LogP contribution >= 0.6 is 0 Å². The van der Waals surface area contributed by atoms with Gasteiger partial charge in [-0.25, -0.2) is 0 Å². The van der Waals surface area contributed by atoms with E-state index in [4.69, 9.17) is 9.47 Å². The summed E-state index contributed by atoms with van der Waals surface area (Å²) in [5, 5.41) is 0. The van der Waals surface area contributed by atoms with Gasteiger partial charge in [0.2, 0.25) is 0 Å². The summed E-state index contributed by atoms with van der Waals surface area (Å²) >= 11 is 0. The third-order valence-electron chi connectivity index (χ3n) is 6.32. The lowest BCUT2D eigenvalue weighted by Crippen LogP contribution is -2.38. The van der Waals surface area contributed by atoms with Crippen LogP contribution in [0.4, 0.5) is 0 Å². The van der Waals surface area contributed by atoms with Gasteiger partial charge in [0.1, 0.15) is 11.7 Å². The van der Waals surface area contributed by atoms with Gasteiger partial charge in [-0.1, -0.05) is 11.6 Å². The Kier molecular flexibility index (Phi) is 2.69.